The van der Waals surface area contributed by atoms with Crippen molar-refractivity contribution in [1.29, 1.82) is 0 Å². The molecule has 0 radical (unpaired) electrons. The summed E-state index contributed by atoms with van der Waals surface area (Å²) < 4.78 is 0. The molecule has 0 aliphatic rings. The number of benzene rings is 4. The number of aryl methyl sites for hydroxylation is 2. The molecule has 8 N–H and O–H groups in total. The summed E-state index contributed by atoms with van der Waals surface area (Å²) in [6.07, 6.45) is 2.23. The quantitative estimate of drug-likeness (QED) is 0.0555. The first-order valence-electron chi connectivity index (χ1n) is 17.2. The van der Waals surface area contributed by atoms with E-state index in [9.17, 15) is 50.4 Å². The molecule has 0 amide bonds. The molecule has 2 atom stereocenters. The Hall–Kier alpha value is -5.52. The fourth-order valence-corrected chi connectivity index (χ4v) is 6.98. The number of phenolic OH excluding ortho intramolecular Hbond substituents is 6. The summed E-state index contributed by atoms with van der Waals surface area (Å²) in [4.78, 5) is 32.4. The number of carboxylic acids is 2. The fraction of sp³-hybridized carbons (Fsp3) is 0.400. The van der Waals surface area contributed by atoms with Gasteiger partial charge in [0.15, 0.2) is 23.0 Å². The topological polar surface area (TPSA) is 221 Å². The molecule has 0 aromatic heterocycles. The smallest absolute Gasteiger partial charge is 0.328 e. The number of nitrogens with zero attached hydrogens (tertiary/aromatic N) is 2. The second-order valence-electron chi connectivity index (χ2n) is 14.6. The number of hydrogen-bond donors (Lipinski definition) is 8. The number of carbonyl (C=O) groups is 2. The average molecular weight is 717 g/mol. The van der Waals surface area contributed by atoms with Crippen molar-refractivity contribution in [2.24, 2.45) is 21.8 Å². The molecule has 0 saturated carbocycles. The lowest BCUT2D eigenvalue weighted by Crippen LogP contribution is -2.24. The molecule has 4 aromatic rings. The Bertz CT molecular complexity index is 2010. The SMILES string of the molecule is Cc1cc2c(C(C)C)c(O)c(O)c(C=N[C@H](C(=O)O)C(C)C)c2c(O)c1-c1c(C)cc2c(C(C)C)c(O)c(O)c(C=N[C@H](C(=O)O)C(C)C)c2c1O. The zero-order chi connectivity index (χ0) is 39.3. The van der Waals surface area contributed by atoms with Gasteiger partial charge in [-0.25, -0.2) is 9.59 Å². The molecule has 0 heterocycles. The number of aliphatic carboxylic acids is 2. The molecule has 12 heteroatoms. The molecule has 0 aliphatic heterocycles. The minimum atomic E-state index is -1.20. The van der Waals surface area contributed by atoms with Gasteiger partial charge in [0.2, 0.25) is 0 Å². The Balaban J connectivity index is 2.24. The Morgan fingerprint density at radius 1 is 0.538 bits per heavy atom. The van der Waals surface area contributed by atoms with Gasteiger partial charge in [0, 0.05) is 56.6 Å². The molecule has 0 saturated heterocycles. The van der Waals surface area contributed by atoms with Crippen LogP contribution in [0, 0.1) is 25.7 Å². The fourth-order valence-electron chi connectivity index (χ4n) is 6.98. The van der Waals surface area contributed by atoms with Crippen molar-refractivity contribution < 1.29 is 50.4 Å². The maximum Gasteiger partial charge on any atom is 0.328 e. The molecule has 0 aliphatic carbocycles. The van der Waals surface area contributed by atoms with E-state index in [0.717, 1.165) is 12.4 Å². The Morgan fingerprint density at radius 2 is 0.846 bits per heavy atom. The largest absolute Gasteiger partial charge is 0.507 e. The molecule has 0 unspecified atom stereocenters. The monoisotopic (exact) mass is 716 g/mol. The molecule has 4 aromatic carbocycles. The summed E-state index contributed by atoms with van der Waals surface area (Å²) in [5.41, 5.74) is 1.55. The van der Waals surface area contributed by atoms with Crippen molar-refractivity contribution in [1.82, 2.24) is 0 Å². The van der Waals surface area contributed by atoms with Crippen LogP contribution < -0.4 is 0 Å². The maximum atomic E-state index is 12.2. The number of fused-ring (bicyclic) bond motifs is 2. The van der Waals surface area contributed by atoms with E-state index >= 15 is 0 Å². The van der Waals surface area contributed by atoms with Gasteiger partial charge in [-0.1, -0.05) is 67.5 Å². The minimum Gasteiger partial charge on any atom is -0.507 e. The predicted octanol–water partition coefficient (Wildman–Crippen LogP) is 7.81. The van der Waals surface area contributed by atoms with E-state index in [1.54, 1.807) is 81.4 Å². The van der Waals surface area contributed by atoms with E-state index in [1.165, 1.54) is 0 Å². The molecule has 0 spiro atoms. The highest BCUT2D eigenvalue weighted by Crippen LogP contribution is 2.54. The Kier molecular flexibility index (Phi) is 11.0. The first kappa shape index (κ1) is 39.3. The highest BCUT2D eigenvalue weighted by molar-refractivity contribution is 6.15. The second kappa shape index (κ2) is 14.6. The summed E-state index contributed by atoms with van der Waals surface area (Å²) in [5, 5.41) is 89.8. The highest BCUT2D eigenvalue weighted by atomic mass is 16.4. The zero-order valence-corrected chi connectivity index (χ0v) is 31.1. The summed E-state index contributed by atoms with van der Waals surface area (Å²) in [6.45, 7) is 17.2. The van der Waals surface area contributed by atoms with Crippen LogP contribution in [0.15, 0.2) is 22.1 Å². The van der Waals surface area contributed by atoms with Crippen LogP contribution >= 0.6 is 0 Å². The Labute approximate surface area is 302 Å². The minimum absolute atomic E-state index is 0.0505. The van der Waals surface area contributed by atoms with E-state index < -0.39 is 70.4 Å². The van der Waals surface area contributed by atoms with Crippen molar-refractivity contribution in [3.8, 4) is 45.6 Å². The lowest BCUT2D eigenvalue weighted by Gasteiger charge is -2.24. The van der Waals surface area contributed by atoms with Crippen LogP contribution in [0.2, 0.25) is 0 Å². The van der Waals surface area contributed by atoms with Gasteiger partial charge >= 0.3 is 11.9 Å². The van der Waals surface area contributed by atoms with Gasteiger partial charge in [-0.3, -0.25) is 9.98 Å². The van der Waals surface area contributed by atoms with Gasteiger partial charge < -0.3 is 40.9 Å². The third-order valence-electron chi connectivity index (χ3n) is 9.49. The van der Waals surface area contributed by atoms with E-state index in [0.29, 0.717) is 33.0 Å². The third kappa shape index (κ3) is 6.65. The zero-order valence-electron chi connectivity index (χ0n) is 31.1. The van der Waals surface area contributed by atoms with Crippen LogP contribution in [-0.4, -0.2) is 77.3 Å². The van der Waals surface area contributed by atoms with Gasteiger partial charge in [-0.15, -0.1) is 0 Å². The Morgan fingerprint density at radius 3 is 1.10 bits per heavy atom. The van der Waals surface area contributed by atoms with Crippen molar-refractivity contribution >= 4 is 45.9 Å². The standard InChI is InChI=1S/C40H48N2O10/c1-15(2)25-21-11-19(9)27(35(45)29(21)23(33(43)37(25)47)13-41-31(17(5)6)39(49)50)28-20(10)12-22-26(16(3)4)38(48)34(44)24(30(22)36(28)46)14-42-32(18(7)8)40(51)52/h11-18,31-32,43-48H,1-10H3,(H,49,50)(H,51,52)/t31-,32-/m0/s1. The highest BCUT2D eigenvalue weighted by Gasteiger charge is 2.30. The number of carboxylic acid groups (broad SMARTS) is 2. The summed E-state index contributed by atoms with van der Waals surface area (Å²) in [7, 11) is 0. The molecule has 278 valence electrons. The summed E-state index contributed by atoms with van der Waals surface area (Å²) in [5.74, 6) is -6.87. The van der Waals surface area contributed by atoms with Gasteiger partial charge in [-0.2, -0.15) is 0 Å². The summed E-state index contributed by atoms with van der Waals surface area (Å²) in [6, 6.07) is 0.978. The number of aromatic hydroxyl groups is 6. The van der Waals surface area contributed by atoms with Crippen LogP contribution in [-0.2, 0) is 9.59 Å². The van der Waals surface area contributed by atoms with Crippen molar-refractivity contribution in [3.05, 3.63) is 45.5 Å². The van der Waals surface area contributed by atoms with E-state index in [-0.39, 0.29) is 44.9 Å². The van der Waals surface area contributed by atoms with Crippen LogP contribution in [0.1, 0.15) is 101 Å². The summed E-state index contributed by atoms with van der Waals surface area (Å²) >= 11 is 0. The van der Waals surface area contributed by atoms with Crippen LogP contribution in [0.4, 0.5) is 0 Å². The molecular formula is C40H48N2O10. The van der Waals surface area contributed by atoms with Crippen molar-refractivity contribution in [2.75, 3.05) is 0 Å². The molecule has 0 fully saturated rings. The van der Waals surface area contributed by atoms with Gasteiger partial charge in [-0.05, 0) is 59.4 Å². The lowest BCUT2D eigenvalue weighted by atomic mass is 9.83. The van der Waals surface area contributed by atoms with Gasteiger partial charge in [0.25, 0.3) is 0 Å². The second-order valence-corrected chi connectivity index (χ2v) is 14.6. The number of aliphatic imine (C=N–C) groups is 2. The normalized spacial score (nSPS) is 13.6. The maximum absolute atomic E-state index is 12.2. The lowest BCUT2D eigenvalue weighted by molar-refractivity contribution is -0.140. The first-order valence-corrected chi connectivity index (χ1v) is 17.2. The third-order valence-corrected chi connectivity index (χ3v) is 9.49. The molecule has 4 rings (SSSR count). The van der Waals surface area contributed by atoms with E-state index in [1.807, 2.05) is 0 Å². The van der Waals surface area contributed by atoms with Crippen molar-refractivity contribution in [2.45, 2.75) is 93.2 Å². The van der Waals surface area contributed by atoms with Crippen LogP contribution in [0.5, 0.6) is 34.5 Å². The predicted molar refractivity (Wildman–Crippen MR) is 202 cm³/mol. The average Bonchev–Trinajstić information content (AvgIpc) is 3.01. The van der Waals surface area contributed by atoms with Gasteiger partial charge in [0.1, 0.15) is 23.6 Å². The molecule has 12 nitrogen and oxygen atoms in total. The number of hydrogen-bond acceptors (Lipinski definition) is 10. The van der Waals surface area contributed by atoms with Crippen LogP contribution in [0.3, 0.4) is 0 Å². The molecular weight excluding hydrogens is 668 g/mol. The molecule has 0 bridgehead atoms. The number of phenols is 6. The van der Waals surface area contributed by atoms with Gasteiger partial charge in [0.05, 0.1) is 0 Å². The van der Waals surface area contributed by atoms with Crippen molar-refractivity contribution in [3.63, 3.8) is 0 Å². The van der Waals surface area contributed by atoms with Crippen LogP contribution in [0.25, 0.3) is 32.7 Å². The molecule has 52 heavy (non-hydrogen) atoms. The number of rotatable bonds is 11. The first-order chi connectivity index (χ1) is 24.1. The van der Waals surface area contributed by atoms with E-state index in [2.05, 4.69) is 9.98 Å². The van der Waals surface area contributed by atoms with E-state index in [4.69, 9.17) is 0 Å².